The van der Waals surface area contributed by atoms with E-state index in [0.717, 1.165) is 29.5 Å². The first kappa shape index (κ1) is 21.3. The van der Waals surface area contributed by atoms with Crippen LogP contribution < -0.4 is 5.32 Å². The Hall–Kier alpha value is -2.43. The van der Waals surface area contributed by atoms with Gasteiger partial charge in [-0.2, -0.15) is 23.3 Å². The predicted molar refractivity (Wildman–Crippen MR) is 102 cm³/mol. The van der Waals surface area contributed by atoms with Gasteiger partial charge in [-0.05, 0) is 31.7 Å². The van der Waals surface area contributed by atoms with E-state index in [0.29, 0.717) is 18.1 Å². The average molecular weight is 429 g/mol. The number of alkyl halides is 3. The van der Waals surface area contributed by atoms with Gasteiger partial charge in [0.15, 0.2) is 11.5 Å². The van der Waals surface area contributed by atoms with Gasteiger partial charge >= 0.3 is 6.18 Å². The molecular formula is C18H20ClF3N6O. The number of piperazine rings is 1. The van der Waals surface area contributed by atoms with E-state index in [-0.39, 0.29) is 29.9 Å². The smallest absolute Gasteiger partial charge is 0.334 e. The number of benzene rings is 1. The van der Waals surface area contributed by atoms with Crippen LogP contribution in [0, 0.1) is 6.92 Å². The summed E-state index contributed by atoms with van der Waals surface area (Å²) in [5, 5.41) is 11.1. The molecule has 2 aromatic heterocycles. The number of nitrogens with one attached hydrogen (secondary N) is 1. The second-order valence-electron chi connectivity index (χ2n) is 6.81. The number of likely N-dealkylation sites (N-methyl/N-ethyl adjacent to an activating group) is 1. The van der Waals surface area contributed by atoms with Crippen LogP contribution >= 0.6 is 12.4 Å². The minimum Gasteiger partial charge on any atom is -0.334 e. The van der Waals surface area contributed by atoms with Crippen LogP contribution in [0.25, 0.3) is 17.1 Å². The van der Waals surface area contributed by atoms with Gasteiger partial charge < -0.3 is 9.84 Å². The van der Waals surface area contributed by atoms with Gasteiger partial charge in [-0.15, -0.1) is 12.4 Å². The van der Waals surface area contributed by atoms with E-state index in [2.05, 4.69) is 20.6 Å². The molecule has 1 aliphatic heterocycles. The lowest BCUT2D eigenvalue weighted by atomic mass is 10.2. The van der Waals surface area contributed by atoms with Crippen molar-refractivity contribution in [1.82, 2.24) is 30.1 Å². The molecule has 0 aliphatic carbocycles. The van der Waals surface area contributed by atoms with Crippen molar-refractivity contribution in [1.29, 1.82) is 0 Å². The minimum atomic E-state index is -4.65. The SMILES string of the molecule is Cc1cccc(-n2ncc(-c3nc(C4CNCCN4C)no3)c2C(F)(F)F)c1.Cl. The van der Waals surface area contributed by atoms with Crippen molar-refractivity contribution < 1.29 is 17.7 Å². The Bertz CT molecular complexity index is 986. The van der Waals surface area contributed by atoms with E-state index in [9.17, 15) is 13.2 Å². The zero-order valence-corrected chi connectivity index (χ0v) is 16.6. The average Bonchev–Trinajstić information content (AvgIpc) is 3.29. The van der Waals surface area contributed by atoms with Gasteiger partial charge in [-0.3, -0.25) is 4.90 Å². The predicted octanol–water partition coefficient (Wildman–Crippen LogP) is 3.25. The molecule has 1 fully saturated rings. The molecule has 0 radical (unpaired) electrons. The number of hydrogen-bond donors (Lipinski definition) is 1. The fraction of sp³-hybridized carbons (Fsp3) is 0.389. The standard InChI is InChI=1S/C18H19F3N6O.ClH/c1-11-4-3-5-12(8-11)27-15(18(19,20)21)13(9-23-27)17-24-16(25-28-17)14-10-22-6-7-26(14)2;/h3-5,8-9,14,22H,6-7,10H2,1-2H3;1H. The quantitative estimate of drug-likeness (QED) is 0.690. The summed E-state index contributed by atoms with van der Waals surface area (Å²) in [7, 11) is 1.92. The van der Waals surface area contributed by atoms with E-state index < -0.39 is 11.9 Å². The molecule has 7 nitrogen and oxygen atoms in total. The molecule has 1 N–H and O–H groups in total. The molecule has 0 spiro atoms. The third kappa shape index (κ3) is 4.14. The minimum absolute atomic E-state index is 0. The number of nitrogens with zero attached hydrogens (tertiary/aromatic N) is 5. The highest BCUT2D eigenvalue weighted by Crippen LogP contribution is 2.38. The lowest BCUT2D eigenvalue weighted by Crippen LogP contribution is -2.44. The Morgan fingerprint density at radius 3 is 2.76 bits per heavy atom. The van der Waals surface area contributed by atoms with Gasteiger partial charge in [0.25, 0.3) is 5.89 Å². The monoisotopic (exact) mass is 428 g/mol. The Balaban J connectivity index is 0.00000240. The topological polar surface area (TPSA) is 72.0 Å². The molecule has 1 saturated heterocycles. The molecule has 1 aromatic carbocycles. The molecule has 3 aromatic rings. The maximum Gasteiger partial charge on any atom is 0.434 e. The maximum absolute atomic E-state index is 13.9. The summed E-state index contributed by atoms with van der Waals surface area (Å²) in [5.74, 6) is 0.154. The lowest BCUT2D eigenvalue weighted by molar-refractivity contribution is -0.142. The Kier molecular flexibility index (Phi) is 5.97. The highest BCUT2D eigenvalue weighted by atomic mass is 35.5. The van der Waals surface area contributed by atoms with Crippen LogP contribution in [0.5, 0.6) is 0 Å². The lowest BCUT2D eigenvalue weighted by Gasteiger charge is -2.30. The van der Waals surface area contributed by atoms with Gasteiger partial charge in [0, 0.05) is 19.6 Å². The van der Waals surface area contributed by atoms with Crippen LogP contribution in [0.4, 0.5) is 13.2 Å². The number of halogens is 4. The number of aryl methyl sites for hydroxylation is 1. The maximum atomic E-state index is 13.9. The second-order valence-corrected chi connectivity index (χ2v) is 6.81. The van der Waals surface area contributed by atoms with E-state index >= 15 is 0 Å². The largest absolute Gasteiger partial charge is 0.434 e. The van der Waals surface area contributed by atoms with Crippen LogP contribution in [0.15, 0.2) is 35.0 Å². The van der Waals surface area contributed by atoms with Crippen LogP contribution in [-0.4, -0.2) is 51.5 Å². The van der Waals surface area contributed by atoms with Crippen molar-refractivity contribution in [3.8, 4) is 17.1 Å². The normalized spacial score (nSPS) is 17.9. The van der Waals surface area contributed by atoms with Crippen LogP contribution in [0.1, 0.15) is 23.1 Å². The molecule has 156 valence electrons. The Labute approximate surface area is 171 Å². The molecule has 1 atom stereocenters. The zero-order valence-electron chi connectivity index (χ0n) is 15.8. The second kappa shape index (κ2) is 8.13. The molecule has 3 heterocycles. The van der Waals surface area contributed by atoms with Crippen LogP contribution in [0.3, 0.4) is 0 Å². The van der Waals surface area contributed by atoms with E-state index in [1.165, 1.54) is 0 Å². The molecule has 0 bridgehead atoms. The molecule has 29 heavy (non-hydrogen) atoms. The fourth-order valence-corrected chi connectivity index (χ4v) is 3.31. The summed E-state index contributed by atoms with van der Waals surface area (Å²) >= 11 is 0. The molecule has 0 saturated carbocycles. The van der Waals surface area contributed by atoms with E-state index in [1.54, 1.807) is 31.2 Å². The van der Waals surface area contributed by atoms with Crippen molar-refractivity contribution in [2.75, 3.05) is 26.7 Å². The van der Waals surface area contributed by atoms with Crippen LogP contribution in [0.2, 0.25) is 0 Å². The summed E-state index contributed by atoms with van der Waals surface area (Å²) < 4.78 is 47.7. The van der Waals surface area contributed by atoms with Crippen molar-refractivity contribution in [2.24, 2.45) is 0 Å². The van der Waals surface area contributed by atoms with Crippen molar-refractivity contribution in [2.45, 2.75) is 19.1 Å². The van der Waals surface area contributed by atoms with Gasteiger partial charge in [-0.25, -0.2) is 4.68 Å². The van der Waals surface area contributed by atoms with Gasteiger partial charge in [0.1, 0.15) is 0 Å². The van der Waals surface area contributed by atoms with Crippen LogP contribution in [-0.2, 0) is 6.18 Å². The molecule has 11 heteroatoms. The molecule has 4 rings (SSSR count). The van der Waals surface area contributed by atoms with Gasteiger partial charge in [0.05, 0.1) is 23.5 Å². The first-order valence-corrected chi connectivity index (χ1v) is 8.82. The zero-order chi connectivity index (χ0) is 19.9. The summed E-state index contributed by atoms with van der Waals surface area (Å²) in [6.45, 7) is 4.02. The molecule has 0 amide bonds. The number of aromatic nitrogens is 4. The Morgan fingerprint density at radius 2 is 2.07 bits per heavy atom. The third-order valence-electron chi connectivity index (χ3n) is 4.77. The molecule has 1 unspecified atom stereocenters. The first-order chi connectivity index (χ1) is 13.3. The van der Waals surface area contributed by atoms with Crippen molar-refractivity contribution in [3.63, 3.8) is 0 Å². The summed E-state index contributed by atoms with van der Waals surface area (Å²) in [6, 6.07) is 6.53. The summed E-state index contributed by atoms with van der Waals surface area (Å²) in [5.41, 5.74) is -0.0345. The third-order valence-corrected chi connectivity index (χ3v) is 4.77. The van der Waals surface area contributed by atoms with E-state index in [1.807, 2.05) is 11.9 Å². The summed E-state index contributed by atoms with van der Waals surface area (Å²) in [6.07, 6.45) is -3.53. The summed E-state index contributed by atoms with van der Waals surface area (Å²) in [4.78, 5) is 6.27. The van der Waals surface area contributed by atoms with Crippen molar-refractivity contribution >= 4 is 12.4 Å². The van der Waals surface area contributed by atoms with E-state index in [4.69, 9.17) is 4.52 Å². The van der Waals surface area contributed by atoms with Gasteiger partial charge in [0.2, 0.25) is 0 Å². The first-order valence-electron chi connectivity index (χ1n) is 8.82. The number of hydrogen-bond acceptors (Lipinski definition) is 6. The highest BCUT2D eigenvalue weighted by Gasteiger charge is 2.41. The highest BCUT2D eigenvalue weighted by molar-refractivity contribution is 5.85. The Morgan fingerprint density at radius 1 is 1.28 bits per heavy atom. The van der Waals surface area contributed by atoms with Gasteiger partial charge in [-0.1, -0.05) is 17.3 Å². The fourth-order valence-electron chi connectivity index (χ4n) is 3.31. The van der Waals surface area contributed by atoms with Crippen molar-refractivity contribution in [3.05, 3.63) is 47.5 Å². The molecule has 1 aliphatic rings. The number of rotatable bonds is 3. The molecular weight excluding hydrogens is 409 g/mol.